The van der Waals surface area contributed by atoms with Crippen molar-refractivity contribution >= 4 is 16.8 Å². The van der Waals surface area contributed by atoms with Gasteiger partial charge in [0.05, 0.1) is 5.52 Å². The van der Waals surface area contributed by atoms with Crippen molar-refractivity contribution in [3.63, 3.8) is 0 Å². The molecule has 112 valence electrons. The molecule has 1 amide bonds. The first kappa shape index (κ1) is 14.1. The maximum atomic E-state index is 12.4. The first-order valence-electron chi connectivity index (χ1n) is 7.54. The van der Waals surface area contributed by atoms with Gasteiger partial charge in [-0.3, -0.25) is 9.89 Å². The minimum Gasteiger partial charge on any atom is -0.396 e. The van der Waals surface area contributed by atoms with E-state index >= 15 is 0 Å². The van der Waals surface area contributed by atoms with Crippen LogP contribution in [0.5, 0.6) is 0 Å². The van der Waals surface area contributed by atoms with E-state index in [0.29, 0.717) is 11.6 Å². The molecule has 0 spiro atoms. The second-order valence-corrected chi connectivity index (χ2v) is 5.99. The predicted octanol–water partition coefficient (Wildman–Crippen LogP) is 2.15. The van der Waals surface area contributed by atoms with Gasteiger partial charge in [-0.05, 0) is 50.7 Å². The zero-order valence-corrected chi connectivity index (χ0v) is 12.2. The topological polar surface area (TPSA) is 78.0 Å². The molecule has 0 aliphatic heterocycles. The second kappa shape index (κ2) is 5.85. The van der Waals surface area contributed by atoms with Crippen molar-refractivity contribution in [1.29, 1.82) is 0 Å². The highest BCUT2D eigenvalue weighted by atomic mass is 16.3. The van der Waals surface area contributed by atoms with E-state index in [2.05, 4.69) is 15.5 Å². The summed E-state index contributed by atoms with van der Waals surface area (Å²) in [7, 11) is 0. The number of rotatable bonds is 3. The van der Waals surface area contributed by atoms with Gasteiger partial charge in [-0.25, -0.2) is 0 Å². The summed E-state index contributed by atoms with van der Waals surface area (Å²) in [5, 5.41) is 20.2. The number of aromatic nitrogens is 2. The van der Waals surface area contributed by atoms with Gasteiger partial charge in [-0.2, -0.15) is 5.10 Å². The summed E-state index contributed by atoms with van der Waals surface area (Å²) in [4.78, 5) is 12.4. The average molecular weight is 287 g/mol. The van der Waals surface area contributed by atoms with Crippen molar-refractivity contribution in [2.45, 2.75) is 38.6 Å². The fourth-order valence-electron chi connectivity index (χ4n) is 3.04. The molecule has 1 heterocycles. The lowest BCUT2D eigenvalue weighted by Crippen LogP contribution is -2.38. The first-order chi connectivity index (χ1) is 10.2. The molecular formula is C16H21N3O2. The molecule has 0 unspecified atom stereocenters. The Bertz CT molecular complexity index is 642. The monoisotopic (exact) mass is 287 g/mol. The van der Waals surface area contributed by atoms with Crippen LogP contribution >= 0.6 is 0 Å². The molecule has 1 aromatic carbocycles. The third-order valence-corrected chi connectivity index (χ3v) is 4.37. The number of carbonyl (C=O) groups is 1. The van der Waals surface area contributed by atoms with Gasteiger partial charge in [0.15, 0.2) is 5.69 Å². The third-order valence-electron chi connectivity index (χ3n) is 4.37. The summed E-state index contributed by atoms with van der Waals surface area (Å²) in [5.74, 6) is 0.284. The van der Waals surface area contributed by atoms with Crippen LogP contribution in [0.25, 0.3) is 10.9 Å². The van der Waals surface area contributed by atoms with E-state index in [9.17, 15) is 4.79 Å². The van der Waals surface area contributed by atoms with Crippen molar-refractivity contribution in [2.24, 2.45) is 5.92 Å². The summed E-state index contributed by atoms with van der Waals surface area (Å²) in [5.41, 5.74) is 2.47. The zero-order valence-electron chi connectivity index (χ0n) is 12.2. The number of hydrogen-bond acceptors (Lipinski definition) is 3. The van der Waals surface area contributed by atoms with Gasteiger partial charge < -0.3 is 10.4 Å². The van der Waals surface area contributed by atoms with E-state index in [1.807, 2.05) is 25.1 Å². The molecule has 1 aliphatic carbocycles. The lowest BCUT2D eigenvalue weighted by molar-refractivity contribution is 0.0910. The number of amides is 1. The Kier molecular flexibility index (Phi) is 3.92. The molecule has 3 N–H and O–H groups in total. The SMILES string of the molecule is Cc1ccc2[nH]nc(C(=O)NC3CCC(CO)CC3)c2c1. The number of nitrogens with zero attached hydrogens (tertiary/aromatic N) is 1. The average Bonchev–Trinajstić information content (AvgIpc) is 2.91. The van der Waals surface area contributed by atoms with E-state index in [1.54, 1.807) is 0 Å². The van der Waals surface area contributed by atoms with Crippen molar-refractivity contribution in [2.75, 3.05) is 6.61 Å². The third kappa shape index (κ3) is 2.93. The van der Waals surface area contributed by atoms with Crippen molar-refractivity contribution in [3.05, 3.63) is 29.5 Å². The number of aromatic amines is 1. The number of hydrogen-bond donors (Lipinski definition) is 3. The highest BCUT2D eigenvalue weighted by Gasteiger charge is 2.23. The molecule has 3 rings (SSSR count). The molecule has 0 saturated heterocycles. The number of aryl methyl sites for hydroxylation is 1. The summed E-state index contributed by atoms with van der Waals surface area (Å²) in [6.45, 7) is 2.26. The predicted molar refractivity (Wildman–Crippen MR) is 81.1 cm³/mol. The van der Waals surface area contributed by atoms with Crippen molar-refractivity contribution < 1.29 is 9.90 Å². The van der Waals surface area contributed by atoms with Crippen LogP contribution in [0.2, 0.25) is 0 Å². The molecule has 5 heteroatoms. The van der Waals surface area contributed by atoms with Gasteiger partial charge in [0, 0.05) is 18.0 Å². The van der Waals surface area contributed by atoms with Crippen LogP contribution in [0, 0.1) is 12.8 Å². The summed E-state index contributed by atoms with van der Waals surface area (Å²) in [6, 6.07) is 6.12. The Hall–Kier alpha value is -1.88. The van der Waals surface area contributed by atoms with Crippen LogP contribution in [-0.2, 0) is 0 Å². The normalized spacial score (nSPS) is 22.4. The number of nitrogens with one attached hydrogen (secondary N) is 2. The molecule has 2 aromatic rings. The van der Waals surface area contributed by atoms with Gasteiger partial charge in [-0.15, -0.1) is 0 Å². The second-order valence-electron chi connectivity index (χ2n) is 5.99. The van der Waals surface area contributed by atoms with Crippen LogP contribution in [-0.4, -0.2) is 33.9 Å². The van der Waals surface area contributed by atoms with Gasteiger partial charge in [0.2, 0.25) is 0 Å². The van der Waals surface area contributed by atoms with Crippen LogP contribution < -0.4 is 5.32 Å². The Morgan fingerprint density at radius 3 is 2.86 bits per heavy atom. The Morgan fingerprint density at radius 1 is 1.38 bits per heavy atom. The Labute approximate surface area is 123 Å². The minimum absolute atomic E-state index is 0.112. The number of fused-ring (bicyclic) bond motifs is 1. The van der Waals surface area contributed by atoms with Crippen LogP contribution in [0.15, 0.2) is 18.2 Å². The number of H-pyrrole nitrogens is 1. The maximum absolute atomic E-state index is 12.4. The molecular weight excluding hydrogens is 266 g/mol. The maximum Gasteiger partial charge on any atom is 0.272 e. The molecule has 0 radical (unpaired) electrons. The minimum atomic E-state index is -0.112. The van der Waals surface area contributed by atoms with Crippen molar-refractivity contribution in [1.82, 2.24) is 15.5 Å². The fraction of sp³-hybridized carbons (Fsp3) is 0.500. The summed E-state index contributed by atoms with van der Waals surface area (Å²) in [6.07, 6.45) is 3.81. The molecule has 1 aromatic heterocycles. The van der Waals surface area contributed by atoms with Gasteiger partial charge in [0.1, 0.15) is 0 Å². The van der Waals surface area contributed by atoms with E-state index in [4.69, 9.17) is 5.11 Å². The number of benzene rings is 1. The Balaban J connectivity index is 1.71. The van der Waals surface area contributed by atoms with E-state index in [1.165, 1.54) is 0 Å². The van der Waals surface area contributed by atoms with E-state index in [-0.39, 0.29) is 18.6 Å². The van der Waals surface area contributed by atoms with E-state index in [0.717, 1.165) is 42.1 Å². The molecule has 21 heavy (non-hydrogen) atoms. The quantitative estimate of drug-likeness (QED) is 0.809. The van der Waals surface area contributed by atoms with Gasteiger partial charge >= 0.3 is 0 Å². The Morgan fingerprint density at radius 2 is 2.14 bits per heavy atom. The molecule has 1 aliphatic rings. The number of aliphatic hydroxyl groups is 1. The highest BCUT2D eigenvalue weighted by molar-refractivity contribution is 6.04. The standard InChI is InChI=1S/C16H21N3O2/c1-10-2-7-14-13(8-10)15(19-18-14)16(21)17-12-5-3-11(9-20)4-6-12/h2,7-8,11-12,20H,3-6,9H2,1H3,(H,17,21)(H,18,19). The zero-order chi connectivity index (χ0) is 14.8. The lowest BCUT2D eigenvalue weighted by atomic mass is 9.86. The fourth-order valence-corrected chi connectivity index (χ4v) is 3.04. The highest BCUT2D eigenvalue weighted by Crippen LogP contribution is 2.24. The molecule has 0 atom stereocenters. The summed E-state index contributed by atoms with van der Waals surface area (Å²) < 4.78 is 0. The van der Waals surface area contributed by atoms with E-state index < -0.39 is 0 Å². The lowest BCUT2D eigenvalue weighted by Gasteiger charge is -2.27. The van der Waals surface area contributed by atoms with Crippen LogP contribution in [0.1, 0.15) is 41.7 Å². The molecule has 1 fully saturated rings. The molecule has 1 saturated carbocycles. The number of aliphatic hydroxyl groups excluding tert-OH is 1. The summed E-state index contributed by atoms with van der Waals surface area (Å²) >= 11 is 0. The van der Waals surface area contributed by atoms with Crippen LogP contribution in [0.3, 0.4) is 0 Å². The largest absolute Gasteiger partial charge is 0.396 e. The van der Waals surface area contributed by atoms with Gasteiger partial charge in [0.25, 0.3) is 5.91 Å². The smallest absolute Gasteiger partial charge is 0.272 e. The van der Waals surface area contributed by atoms with Crippen LogP contribution in [0.4, 0.5) is 0 Å². The first-order valence-corrected chi connectivity index (χ1v) is 7.54. The van der Waals surface area contributed by atoms with Gasteiger partial charge in [-0.1, -0.05) is 11.6 Å². The molecule has 5 nitrogen and oxygen atoms in total. The van der Waals surface area contributed by atoms with Crippen molar-refractivity contribution in [3.8, 4) is 0 Å². The molecule has 0 bridgehead atoms. The number of carbonyl (C=O) groups excluding carboxylic acids is 1.